The molecule has 120 valence electrons. The van der Waals surface area contributed by atoms with Crippen LogP contribution in [0.4, 0.5) is 5.69 Å². The smallest absolute Gasteiger partial charge is 0.241 e. The van der Waals surface area contributed by atoms with E-state index in [1.54, 1.807) is 0 Å². The van der Waals surface area contributed by atoms with Crippen molar-refractivity contribution in [1.29, 1.82) is 0 Å². The van der Waals surface area contributed by atoms with Gasteiger partial charge in [0.2, 0.25) is 11.8 Å². The Kier molecular flexibility index (Phi) is 2.40. The molecule has 4 unspecified atom stereocenters. The summed E-state index contributed by atoms with van der Waals surface area (Å²) in [5, 5.41) is 1.93. The van der Waals surface area contributed by atoms with Crippen LogP contribution in [-0.4, -0.2) is 23.0 Å². The summed E-state index contributed by atoms with van der Waals surface area (Å²) in [5.74, 6) is -1.20. The minimum Gasteiger partial charge on any atom is -0.359 e. The Morgan fingerprint density at radius 1 is 0.875 bits per heavy atom. The number of carbonyl (C=O) groups is 2. The molecule has 2 aromatic rings. The summed E-state index contributed by atoms with van der Waals surface area (Å²) in [7, 11) is 0. The number of benzene rings is 2. The maximum absolute atomic E-state index is 13.2. The molecule has 4 heteroatoms. The first-order chi connectivity index (χ1) is 11.4. The van der Waals surface area contributed by atoms with Crippen molar-refractivity contribution in [2.75, 3.05) is 4.90 Å². The molecule has 3 aliphatic heterocycles. The lowest BCUT2D eigenvalue weighted by Crippen LogP contribution is -2.39. The normalized spacial score (nSPS) is 36.8. The third-order valence-electron chi connectivity index (χ3n) is 5.73. The maximum Gasteiger partial charge on any atom is 0.241 e. The lowest BCUT2D eigenvalue weighted by atomic mass is 9.73. The van der Waals surface area contributed by atoms with Crippen molar-refractivity contribution < 1.29 is 14.3 Å². The molecule has 24 heavy (non-hydrogen) atoms. The molecule has 2 bridgehead atoms. The van der Waals surface area contributed by atoms with E-state index < -0.39 is 23.0 Å². The third kappa shape index (κ3) is 1.47. The first kappa shape index (κ1) is 13.9. The van der Waals surface area contributed by atoms with E-state index in [-0.39, 0.29) is 11.8 Å². The third-order valence-corrected chi connectivity index (χ3v) is 5.73. The number of rotatable bonds is 1. The molecule has 2 amide bonds. The average molecular weight is 319 g/mol. The van der Waals surface area contributed by atoms with E-state index in [1.165, 1.54) is 4.90 Å². The van der Waals surface area contributed by atoms with E-state index in [0.717, 1.165) is 10.8 Å². The number of hydrogen-bond acceptors (Lipinski definition) is 3. The molecule has 2 aromatic carbocycles. The molecule has 5 rings (SSSR count). The van der Waals surface area contributed by atoms with Crippen molar-refractivity contribution >= 4 is 28.3 Å². The van der Waals surface area contributed by atoms with E-state index in [1.807, 2.05) is 68.5 Å². The van der Waals surface area contributed by atoms with Gasteiger partial charge in [0.25, 0.3) is 0 Å². The van der Waals surface area contributed by atoms with Crippen LogP contribution in [0.2, 0.25) is 0 Å². The topological polar surface area (TPSA) is 46.6 Å². The zero-order chi connectivity index (χ0) is 16.7. The Morgan fingerprint density at radius 3 is 2.12 bits per heavy atom. The minimum atomic E-state index is -0.689. The maximum atomic E-state index is 13.2. The largest absolute Gasteiger partial charge is 0.359 e. The van der Waals surface area contributed by atoms with Crippen molar-refractivity contribution in [3.05, 3.63) is 54.6 Å². The molecular weight excluding hydrogens is 302 g/mol. The quantitative estimate of drug-likeness (QED) is 0.599. The van der Waals surface area contributed by atoms with Crippen LogP contribution >= 0.6 is 0 Å². The van der Waals surface area contributed by atoms with Crippen molar-refractivity contribution in [3.8, 4) is 0 Å². The fourth-order valence-corrected chi connectivity index (χ4v) is 4.67. The van der Waals surface area contributed by atoms with Crippen molar-refractivity contribution in [3.63, 3.8) is 0 Å². The summed E-state index contributed by atoms with van der Waals surface area (Å²) in [4.78, 5) is 27.7. The Labute approximate surface area is 139 Å². The van der Waals surface area contributed by atoms with Gasteiger partial charge in [-0.25, -0.2) is 4.90 Å². The standard InChI is InChI=1S/C20H17NO3/c1-19-10-11-20(2,24-19)16-15(19)17(22)21(18(16)23)14-9-5-7-12-6-3-4-8-13(12)14/h3-11,15-16H,1-2H3. The molecule has 3 aliphatic rings. The SMILES string of the molecule is CC12C=CC(C)(O1)C1C(=O)N(c3cccc4ccccc34)C(=O)C12. The van der Waals surface area contributed by atoms with Crippen molar-refractivity contribution in [2.45, 2.75) is 25.0 Å². The van der Waals surface area contributed by atoms with Gasteiger partial charge in [0.05, 0.1) is 28.7 Å². The van der Waals surface area contributed by atoms with Crippen LogP contribution in [0.5, 0.6) is 0 Å². The molecule has 0 saturated carbocycles. The van der Waals surface area contributed by atoms with Crippen molar-refractivity contribution in [1.82, 2.24) is 0 Å². The summed E-state index contributed by atoms with van der Waals surface area (Å²) in [6.07, 6.45) is 3.87. The van der Waals surface area contributed by atoms with Crippen LogP contribution in [0.3, 0.4) is 0 Å². The Morgan fingerprint density at radius 2 is 1.46 bits per heavy atom. The molecular formula is C20H17NO3. The second-order valence-electron chi connectivity index (χ2n) is 7.27. The van der Waals surface area contributed by atoms with Gasteiger partial charge >= 0.3 is 0 Å². The summed E-state index contributed by atoms with van der Waals surface area (Å²) in [5.41, 5.74) is -0.708. The van der Waals surface area contributed by atoms with Gasteiger partial charge in [0, 0.05) is 5.39 Å². The summed E-state index contributed by atoms with van der Waals surface area (Å²) in [6, 6.07) is 13.5. The lowest BCUT2D eigenvalue weighted by Gasteiger charge is -2.26. The van der Waals surface area contributed by atoms with E-state index in [9.17, 15) is 9.59 Å². The van der Waals surface area contributed by atoms with Gasteiger partial charge in [0.15, 0.2) is 0 Å². The van der Waals surface area contributed by atoms with Crippen LogP contribution in [0.25, 0.3) is 10.8 Å². The van der Waals surface area contributed by atoms with Gasteiger partial charge in [0.1, 0.15) is 0 Å². The first-order valence-electron chi connectivity index (χ1n) is 8.21. The molecule has 0 aromatic heterocycles. The van der Waals surface area contributed by atoms with Gasteiger partial charge in [-0.15, -0.1) is 0 Å². The van der Waals surface area contributed by atoms with Crippen LogP contribution in [-0.2, 0) is 14.3 Å². The summed E-state index contributed by atoms with van der Waals surface area (Å²) < 4.78 is 6.05. The fourth-order valence-electron chi connectivity index (χ4n) is 4.67. The molecule has 2 saturated heterocycles. The minimum absolute atomic E-state index is 0.156. The summed E-state index contributed by atoms with van der Waals surface area (Å²) >= 11 is 0. The molecule has 0 N–H and O–H groups in total. The van der Waals surface area contributed by atoms with E-state index >= 15 is 0 Å². The number of amides is 2. The second kappa shape index (κ2) is 4.14. The van der Waals surface area contributed by atoms with Crippen LogP contribution in [0.1, 0.15) is 13.8 Å². The Hall–Kier alpha value is -2.46. The number of carbonyl (C=O) groups excluding carboxylic acids is 2. The first-order valence-corrected chi connectivity index (χ1v) is 8.21. The molecule has 0 spiro atoms. The van der Waals surface area contributed by atoms with Gasteiger partial charge in [-0.1, -0.05) is 48.6 Å². The molecule has 4 atom stereocenters. The predicted molar refractivity (Wildman–Crippen MR) is 90.5 cm³/mol. The van der Waals surface area contributed by atoms with Gasteiger partial charge in [-0.3, -0.25) is 9.59 Å². The molecule has 0 radical (unpaired) electrons. The highest BCUT2D eigenvalue weighted by Gasteiger charge is 2.70. The molecule has 3 heterocycles. The molecule has 2 fully saturated rings. The van der Waals surface area contributed by atoms with E-state index in [2.05, 4.69) is 0 Å². The van der Waals surface area contributed by atoms with Gasteiger partial charge in [-0.2, -0.15) is 0 Å². The zero-order valence-corrected chi connectivity index (χ0v) is 13.5. The lowest BCUT2D eigenvalue weighted by molar-refractivity contribution is -0.128. The molecule has 4 nitrogen and oxygen atoms in total. The van der Waals surface area contributed by atoms with E-state index in [4.69, 9.17) is 4.74 Å². The van der Waals surface area contributed by atoms with E-state index in [0.29, 0.717) is 5.69 Å². The number of nitrogens with zero attached hydrogens (tertiary/aromatic N) is 1. The highest BCUT2D eigenvalue weighted by molar-refractivity contribution is 6.26. The molecule has 0 aliphatic carbocycles. The number of ether oxygens (including phenoxy) is 1. The Balaban J connectivity index is 1.69. The highest BCUT2D eigenvalue weighted by Crippen LogP contribution is 2.57. The number of hydrogen-bond donors (Lipinski definition) is 0. The number of imide groups is 1. The fraction of sp³-hybridized carbons (Fsp3) is 0.300. The van der Waals surface area contributed by atoms with Crippen LogP contribution < -0.4 is 4.90 Å². The average Bonchev–Trinajstić information content (AvgIpc) is 3.11. The van der Waals surface area contributed by atoms with Gasteiger partial charge < -0.3 is 4.74 Å². The Bertz CT molecular complexity index is 908. The zero-order valence-electron chi connectivity index (χ0n) is 13.5. The van der Waals surface area contributed by atoms with Gasteiger partial charge in [-0.05, 0) is 25.3 Å². The summed E-state index contributed by atoms with van der Waals surface area (Å²) in [6.45, 7) is 3.80. The van der Waals surface area contributed by atoms with Crippen LogP contribution in [0.15, 0.2) is 54.6 Å². The second-order valence-corrected chi connectivity index (χ2v) is 7.27. The highest BCUT2D eigenvalue weighted by atomic mass is 16.5. The predicted octanol–water partition coefficient (Wildman–Crippen LogP) is 3.06. The number of fused-ring (bicyclic) bond motifs is 6. The number of anilines is 1. The monoisotopic (exact) mass is 319 g/mol. The van der Waals surface area contributed by atoms with Crippen molar-refractivity contribution in [2.24, 2.45) is 11.8 Å². The van der Waals surface area contributed by atoms with Crippen LogP contribution in [0, 0.1) is 11.8 Å².